The Morgan fingerprint density at radius 3 is 2.30 bits per heavy atom. The summed E-state index contributed by atoms with van der Waals surface area (Å²) < 4.78 is 5.32. The normalized spacial score (nSPS) is 32.0. The number of methoxy groups -OCH3 is 1. The first kappa shape index (κ1) is 18.3. The minimum absolute atomic E-state index is 0.0986. The van der Waals surface area contributed by atoms with Crippen LogP contribution in [0.2, 0.25) is 0 Å². The second-order valence-corrected chi connectivity index (χ2v) is 8.92. The molecule has 1 atom stereocenters. The van der Waals surface area contributed by atoms with E-state index in [1.165, 1.54) is 19.3 Å². The predicted molar refractivity (Wildman–Crippen MR) is 103 cm³/mol. The lowest BCUT2D eigenvalue weighted by atomic mass is 9.49. The fourth-order valence-corrected chi connectivity index (χ4v) is 5.99. The van der Waals surface area contributed by atoms with Gasteiger partial charge in [-0.05, 0) is 69.3 Å². The Morgan fingerprint density at radius 1 is 1.11 bits per heavy atom. The number of nitrogens with one attached hydrogen (secondary N) is 2. The lowest BCUT2D eigenvalue weighted by molar-refractivity contribution is -0.148. The third-order valence-electron chi connectivity index (χ3n) is 6.91. The van der Waals surface area contributed by atoms with Crippen LogP contribution >= 0.6 is 0 Å². The summed E-state index contributed by atoms with van der Waals surface area (Å²) in [6, 6.07) is 7.10. The summed E-state index contributed by atoms with van der Waals surface area (Å²) in [7, 11) is 1.62. The van der Waals surface area contributed by atoms with Gasteiger partial charge in [0.05, 0.1) is 7.11 Å². The molecule has 4 aliphatic rings. The highest BCUT2D eigenvalue weighted by atomic mass is 16.5. The molecule has 27 heavy (non-hydrogen) atoms. The van der Waals surface area contributed by atoms with Gasteiger partial charge in [0.25, 0.3) is 0 Å². The van der Waals surface area contributed by atoms with Crippen molar-refractivity contribution in [2.45, 2.75) is 58.0 Å². The highest BCUT2D eigenvalue weighted by Gasteiger charge is 2.54. The van der Waals surface area contributed by atoms with Crippen LogP contribution in [0.1, 0.15) is 51.0 Å². The fourth-order valence-electron chi connectivity index (χ4n) is 5.99. The zero-order chi connectivity index (χ0) is 19.0. The van der Waals surface area contributed by atoms with E-state index in [2.05, 4.69) is 10.6 Å². The van der Waals surface area contributed by atoms with E-state index in [0.29, 0.717) is 6.54 Å². The molecule has 4 saturated carbocycles. The molecule has 0 spiro atoms. The SMILES string of the molecule is COc1ccccc1CNC(=O)C(C)NC(=O)C12CC3CC(CC(C3)C1)C2. The average Bonchev–Trinajstić information content (AvgIpc) is 2.65. The van der Waals surface area contributed by atoms with Gasteiger partial charge >= 0.3 is 0 Å². The second kappa shape index (κ2) is 7.17. The first-order valence-corrected chi connectivity index (χ1v) is 10.2. The zero-order valence-electron chi connectivity index (χ0n) is 16.3. The van der Waals surface area contributed by atoms with Gasteiger partial charge < -0.3 is 15.4 Å². The Labute approximate surface area is 161 Å². The summed E-state index contributed by atoms with van der Waals surface area (Å²) in [4.78, 5) is 25.6. The zero-order valence-corrected chi connectivity index (χ0v) is 16.3. The quantitative estimate of drug-likeness (QED) is 0.809. The van der Waals surface area contributed by atoms with Crippen LogP contribution < -0.4 is 15.4 Å². The lowest BCUT2D eigenvalue weighted by Crippen LogP contribution is -2.56. The highest BCUT2D eigenvalue weighted by Crippen LogP contribution is 2.60. The van der Waals surface area contributed by atoms with Crippen LogP contribution in [0.4, 0.5) is 0 Å². The van der Waals surface area contributed by atoms with Crippen molar-refractivity contribution < 1.29 is 14.3 Å². The molecule has 2 N–H and O–H groups in total. The lowest BCUT2D eigenvalue weighted by Gasteiger charge is -2.55. The predicted octanol–water partition coefficient (Wildman–Crippen LogP) is 3.03. The summed E-state index contributed by atoms with van der Waals surface area (Å²) in [5.74, 6) is 2.86. The van der Waals surface area contributed by atoms with Crippen molar-refractivity contribution >= 4 is 11.8 Å². The molecule has 4 bridgehead atoms. The van der Waals surface area contributed by atoms with Gasteiger partial charge in [-0.1, -0.05) is 18.2 Å². The first-order valence-electron chi connectivity index (χ1n) is 10.2. The summed E-state index contributed by atoms with van der Waals surface area (Å²) in [5.41, 5.74) is 0.708. The van der Waals surface area contributed by atoms with E-state index in [-0.39, 0.29) is 17.2 Å². The number of hydrogen-bond donors (Lipinski definition) is 2. The van der Waals surface area contributed by atoms with Gasteiger partial charge in [-0.3, -0.25) is 9.59 Å². The van der Waals surface area contributed by atoms with Crippen molar-refractivity contribution in [3.63, 3.8) is 0 Å². The van der Waals surface area contributed by atoms with E-state index in [1.54, 1.807) is 14.0 Å². The first-order chi connectivity index (χ1) is 13.0. The molecule has 0 heterocycles. The Morgan fingerprint density at radius 2 is 1.70 bits per heavy atom. The van der Waals surface area contributed by atoms with Gasteiger partial charge in [-0.15, -0.1) is 0 Å². The summed E-state index contributed by atoms with van der Waals surface area (Å²) in [6.07, 6.45) is 6.96. The Bertz CT molecular complexity index is 695. The molecule has 0 aliphatic heterocycles. The van der Waals surface area contributed by atoms with Crippen LogP contribution in [0.15, 0.2) is 24.3 Å². The molecule has 1 unspecified atom stereocenters. The van der Waals surface area contributed by atoms with Gasteiger partial charge in [-0.2, -0.15) is 0 Å². The molecule has 5 heteroatoms. The van der Waals surface area contributed by atoms with Crippen LogP contribution in [-0.2, 0) is 16.1 Å². The van der Waals surface area contributed by atoms with Crippen molar-refractivity contribution in [1.82, 2.24) is 10.6 Å². The topological polar surface area (TPSA) is 67.4 Å². The molecule has 0 aromatic heterocycles. The molecule has 4 fully saturated rings. The van der Waals surface area contributed by atoms with E-state index >= 15 is 0 Å². The maximum absolute atomic E-state index is 13.1. The van der Waals surface area contributed by atoms with Crippen LogP contribution in [0.3, 0.4) is 0 Å². The van der Waals surface area contributed by atoms with E-state index in [0.717, 1.165) is 48.3 Å². The van der Waals surface area contributed by atoms with E-state index in [4.69, 9.17) is 4.74 Å². The minimum Gasteiger partial charge on any atom is -0.496 e. The number of benzene rings is 1. The summed E-state index contributed by atoms with van der Waals surface area (Å²) in [5, 5.41) is 5.94. The van der Waals surface area contributed by atoms with E-state index in [9.17, 15) is 9.59 Å². The van der Waals surface area contributed by atoms with Gasteiger partial charge in [0.15, 0.2) is 0 Å². The Hall–Kier alpha value is -2.04. The Balaban J connectivity index is 1.34. The van der Waals surface area contributed by atoms with Gasteiger partial charge in [0, 0.05) is 17.5 Å². The summed E-state index contributed by atoms with van der Waals surface area (Å²) in [6.45, 7) is 2.16. The largest absolute Gasteiger partial charge is 0.496 e. The number of hydrogen-bond acceptors (Lipinski definition) is 3. The number of carbonyl (C=O) groups is 2. The average molecular weight is 370 g/mol. The number of rotatable bonds is 6. The van der Waals surface area contributed by atoms with Crippen molar-refractivity contribution in [3.05, 3.63) is 29.8 Å². The molecule has 5 nitrogen and oxygen atoms in total. The molecular weight excluding hydrogens is 340 g/mol. The number of carbonyl (C=O) groups excluding carboxylic acids is 2. The minimum atomic E-state index is -0.528. The molecule has 1 aromatic rings. The number of ether oxygens (including phenoxy) is 1. The fraction of sp³-hybridized carbons (Fsp3) is 0.636. The van der Waals surface area contributed by atoms with Crippen molar-refractivity contribution in [2.75, 3.05) is 7.11 Å². The molecule has 146 valence electrons. The van der Waals surface area contributed by atoms with Crippen LogP contribution in [0, 0.1) is 23.2 Å². The molecule has 0 saturated heterocycles. The summed E-state index contributed by atoms with van der Waals surface area (Å²) >= 11 is 0. The highest BCUT2D eigenvalue weighted by molar-refractivity contribution is 5.90. The molecule has 2 amide bonds. The molecule has 0 radical (unpaired) electrons. The van der Waals surface area contributed by atoms with Crippen molar-refractivity contribution in [3.8, 4) is 5.75 Å². The second-order valence-electron chi connectivity index (χ2n) is 8.92. The molecule has 1 aromatic carbocycles. The van der Waals surface area contributed by atoms with E-state index < -0.39 is 6.04 Å². The van der Waals surface area contributed by atoms with Crippen molar-refractivity contribution in [2.24, 2.45) is 23.2 Å². The monoisotopic (exact) mass is 370 g/mol. The van der Waals surface area contributed by atoms with Gasteiger partial charge in [0.1, 0.15) is 11.8 Å². The maximum atomic E-state index is 13.1. The number of para-hydroxylation sites is 1. The van der Waals surface area contributed by atoms with Crippen LogP contribution in [0.25, 0.3) is 0 Å². The third-order valence-corrected chi connectivity index (χ3v) is 6.91. The van der Waals surface area contributed by atoms with Crippen molar-refractivity contribution in [1.29, 1.82) is 0 Å². The van der Waals surface area contributed by atoms with E-state index in [1.807, 2.05) is 24.3 Å². The van der Waals surface area contributed by atoms with Gasteiger partial charge in [-0.25, -0.2) is 0 Å². The standard InChI is InChI=1S/C22H30N2O3/c1-14(20(25)23-13-18-5-3-4-6-19(18)27-2)24-21(26)22-10-15-7-16(11-22)9-17(8-15)12-22/h3-6,14-17H,7-13H2,1-2H3,(H,23,25)(H,24,26). The number of amides is 2. The van der Waals surface area contributed by atoms with Gasteiger partial charge in [0.2, 0.25) is 11.8 Å². The Kier molecular flexibility index (Phi) is 4.87. The molecular formula is C22H30N2O3. The third kappa shape index (κ3) is 3.56. The van der Waals surface area contributed by atoms with Crippen LogP contribution in [-0.4, -0.2) is 25.0 Å². The smallest absolute Gasteiger partial charge is 0.242 e. The van der Waals surface area contributed by atoms with Crippen LogP contribution in [0.5, 0.6) is 5.75 Å². The molecule has 4 aliphatic carbocycles. The maximum Gasteiger partial charge on any atom is 0.242 e. The molecule has 5 rings (SSSR count).